The van der Waals surface area contributed by atoms with Crippen molar-refractivity contribution in [3.8, 4) is 0 Å². The van der Waals surface area contributed by atoms with Crippen molar-refractivity contribution in [2.24, 2.45) is 0 Å². The van der Waals surface area contributed by atoms with Crippen molar-refractivity contribution < 1.29 is 5.11 Å². The Balaban J connectivity index is 1.92. The fraction of sp³-hybridized carbons (Fsp3) is 0.188. The van der Waals surface area contributed by atoms with Crippen molar-refractivity contribution in [1.82, 2.24) is 9.55 Å². The number of halogens is 1. The number of benzene rings is 2. The third kappa shape index (κ3) is 2.49. The summed E-state index contributed by atoms with van der Waals surface area (Å²) in [6.45, 7) is 2.47. The predicted octanol–water partition coefficient (Wildman–Crippen LogP) is 3.84. The highest BCUT2D eigenvalue weighted by molar-refractivity contribution is 9.10. The van der Waals surface area contributed by atoms with Crippen molar-refractivity contribution >= 4 is 27.0 Å². The molecule has 0 saturated carbocycles. The third-order valence-corrected chi connectivity index (χ3v) is 3.98. The zero-order valence-corrected chi connectivity index (χ0v) is 12.7. The Morgan fingerprint density at radius 3 is 2.60 bits per heavy atom. The summed E-state index contributed by atoms with van der Waals surface area (Å²) in [7, 11) is 0. The average Bonchev–Trinajstić information content (AvgIpc) is 2.76. The second-order valence-corrected chi connectivity index (χ2v) is 5.74. The van der Waals surface area contributed by atoms with Gasteiger partial charge in [-0.2, -0.15) is 0 Å². The van der Waals surface area contributed by atoms with Crippen LogP contribution in [0.15, 0.2) is 53.0 Å². The van der Waals surface area contributed by atoms with Gasteiger partial charge in [-0.05, 0) is 36.8 Å². The number of aromatic nitrogens is 2. The molecule has 0 aliphatic rings. The van der Waals surface area contributed by atoms with E-state index in [1.165, 1.54) is 0 Å². The lowest BCUT2D eigenvalue weighted by Gasteiger charge is -2.14. The summed E-state index contributed by atoms with van der Waals surface area (Å²) in [5, 5.41) is 10.4. The van der Waals surface area contributed by atoms with E-state index in [0.717, 1.165) is 26.9 Å². The first-order valence-corrected chi connectivity index (χ1v) is 7.30. The second kappa shape index (κ2) is 5.38. The Hall–Kier alpha value is -1.65. The van der Waals surface area contributed by atoms with E-state index in [1.54, 1.807) is 0 Å². The normalized spacial score (nSPS) is 12.8. The lowest BCUT2D eigenvalue weighted by Crippen LogP contribution is -2.10. The molecule has 20 heavy (non-hydrogen) atoms. The van der Waals surface area contributed by atoms with Crippen LogP contribution in [0, 0.1) is 6.92 Å². The van der Waals surface area contributed by atoms with Crippen molar-refractivity contribution in [2.75, 3.05) is 0 Å². The zero-order chi connectivity index (χ0) is 14.1. The molecule has 0 fully saturated rings. The van der Waals surface area contributed by atoms with Gasteiger partial charge in [0.25, 0.3) is 0 Å². The maximum absolute atomic E-state index is 10.4. The molecular weight excluding hydrogens is 316 g/mol. The van der Waals surface area contributed by atoms with Gasteiger partial charge in [0, 0.05) is 4.47 Å². The second-order valence-electron chi connectivity index (χ2n) is 4.83. The minimum absolute atomic E-state index is 0.508. The molecule has 3 aromatic rings. The molecule has 0 amide bonds. The van der Waals surface area contributed by atoms with Crippen LogP contribution < -0.4 is 0 Å². The Labute approximate surface area is 126 Å². The molecule has 4 heteroatoms. The molecule has 2 aromatic carbocycles. The molecule has 3 nitrogen and oxygen atoms in total. The summed E-state index contributed by atoms with van der Waals surface area (Å²) >= 11 is 3.40. The van der Waals surface area contributed by atoms with Crippen LogP contribution in [0.2, 0.25) is 0 Å². The van der Waals surface area contributed by atoms with Gasteiger partial charge in [-0.25, -0.2) is 4.98 Å². The minimum Gasteiger partial charge on any atom is -0.387 e. The van der Waals surface area contributed by atoms with Gasteiger partial charge in [0.2, 0.25) is 0 Å². The highest BCUT2D eigenvalue weighted by Crippen LogP contribution is 2.22. The lowest BCUT2D eigenvalue weighted by atomic mass is 10.1. The van der Waals surface area contributed by atoms with Gasteiger partial charge in [-0.15, -0.1) is 0 Å². The molecule has 3 rings (SSSR count). The number of nitrogens with zero attached hydrogens (tertiary/aromatic N) is 2. The molecule has 1 atom stereocenters. The summed E-state index contributed by atoms with van der Waals surface area (Å²) in [5.41, 5.74) is 2.93. The molecule has 0 bridgehead atoms. The first kappa shape index (κ1) is 13.3. The number of imidazole rings is 1. The van der Waals surface area contributed by atoms with Crippen molar-refractivity contribution in [3.05, 3.63) is 64.4 Å². The van der Waals surface area contributed by atoms with Crippen LogP contribution in [0.1, 0.15) is 17.5 Å². The van der Waals surface area contributed by atoms with Gasteiger partial charge >= 0.3 is 0 Å². The van der Waals surface area contributed by atoms with Crippen LogP contribution in [0.5, 0.6) is 0 Å². The first-order chi connectivity index (χ1) is 9.65. The highest BCUT2D eigenvalue weighted by Gasteiger charge is 2.13. The molecule has 1 unspecified atom stereocenters. The smallest absolute Gasteiger partial charge is 0.106 e. The van der Waals surface area contributed by atoms with Gasteiger partial charge in [0.05, 0.1) is 23.7 Å². The van der Waals surface area contributed by atoms with Crippen LogP contribution in [0.3, 0.4) is 0 Å². The molecule has 0 aliphatic carbocycles. The monoisotopic (exact) mass is 330 g/mol. The van der Waals surface area contributed by atoms with E-state index in [0.29, 0.717) is 6.54 Å². The fourth-order valence-electron chi connectivity index (χ4n) is 2.39. The first-order valence-electron chi connectivity index (χ1n) is 6.50. The number of para-hydroxylation sites is 2. The average molecular weight is 331 g/mol. The van der Waals surface area contributed by atoms with Gasteiger partial charge in [0.15, 0.2) is 0 Å². The summed E-state index contributed by atoms with van der Waals surface area (Å²) in [6.07, 6.45) is -0.542. The predicted molar refractivity (Wildman–Crippen MR) is 83.6 cm³/mol. The molecule has 0 spiro atoms. The Morgan fingerprint density at radius 2 is 1.85 bits per heavy atom. The van der Waals surface area contributed by atoms with Crippen LogP contribution in [-0.4, -0.2) is 14.7 Å². The van der Waals surface area contributed by atoms with Crippen molar-refractivity contribution in [2.45, 2.75) is 19.6 Å². The third-order valence-electron chi connectivity index (χ3n) is 3.46. The quantitative estimate of drug-likeness (QED) is 0.792. The van der Waals surface area contributed by atoms with Crippen LogP contribution >= 0.6 is 15.9 Å². The minimum atomic E-state index is -0.542. The Morgan fingerprint density at radius 1 is 1.15 bits per heavy atom. The molecule has 1 N–H and O–H groups in total. The maximum Gasteiger partial charge on any atom is 0.106 e. The number of aliphatic hydroxyl groups excluding tert-OH is 1. The van der Waals surface area contributed by atoms with E-state index in [4.69, 9.17) is 0 Å². The Bertz CT molecular complexity index is 734. The van der Waals surface area contributed by atoms with Crippen LogP contribution in [-0.2, 0) is 6.54 Å². The topological polar surface area (TPSA) is 38.0 Å². The fourth-order valence-corrected chi connectivity index (χ4v) is 2.65. The molecular formula is C16H15BrN2O. The number of aliphatic hydroxyl groups is 1. The van der Waals surface area contributed by atoms with Gasteiger partial charge in [-0.1, -0.05) is 40.2 Å². The van der Waals surface area contributed by atoms with Crippen LogP contribution in [0.4, 0.5) is 0 Å². The van der Waals surface area contributed by atoms with E-state index >= 15 is 0 Å². The number of fused-ring (bicyclic) bond motifs is 1. The largest absolute Gasteiger partial charge is 0.387 e. The zero-order valence-electron chi connectivity index (χ0n) is 11.1. The number of rotatable bonds is 3. The molecule has 102 valence electrons. The van der Waals surface area contributed by atoms with Gasteiger partial charge < -0.3 is 9.67 Å². The Kier molecular flexibility index (Phi) is 3.59. The lowest BCUT2D eigenvalue weighted by molar-refractivity contribution is 0.157. The van der Waals surface area contributed by atoms with E-state index in [9.17, 15) is 5.11 Å². The number of hydrogen-bond acceptors (Lipinski definition) is 2. The van der Waals surface area contributed by atoms with E-state index in [-0.39, 0.29) is 0 Å². The maximum atomic E-state index is 10.4. The van der Waals surface area contributed by atoms with E-state index < -0.39 is 6.10 Å². The standard InChI is InChI=1S/C16H15BrN2O/c1-11-18-14-4-2-3-5-15(14)19(11)10-16(20)12-6-8-13(17)9-7-12/h2-9,16,20H,10H2,1H3. The molecule has 0 saturated heterocycles. The van der Waals surface area contributed by atoms with E-state index in [2.05, 4.69) is 25.5 Å². The van der Waals surface area contributed by atoms with Crippen molar-refractivity contribution in [1.29, 1.82) is 0 Å². The van der Waals surface area contributed by atoms with Gasteiger partial charge in [-0.3, -0.25) is 0 Å². The summed E-state index contributed by atoms with van der Waals surface area (Å²) in [6, 6.07) is 15.7. The van der Waals surface area contributed by atoms with Gasteiger partial charge in [0.1, 0.15) is 5.82 Å². The molecule has 1 heterocycles. The number of aryl methyl sites for hydroxylation is 1. The van der Waals surface area contributed by atoms with Crippen LogP contribution in [0.25, 0.3) is 11.0 Å². The van der Waals surface area contributed by atoms with Crippen molar-refractivity contribution in [3.63, 3.8) is 0 Å². The number of hydrogen-bond donors (Lipinski definition) is 1. The molecule has 1 aromatic heterocycles. The highest BCUT2D eigenvalue weighted by atomic mass is 79.9. The van der Waals surface area contributed by atoms with E-state index in [1.807, 2.05) is 55.5 Å². The molecule has 0 aliphatic heterocycles. The summed E-state index contributed by atoms with van der Waals surface area (Å²) < 4.78 is 3.07. The SMILES string of the molecule is Cc1nc2ccccc2n1CC(O)c1ccc(Br)cc1. The molecule has 0 radical (unpaired) electrons. The summed E-state index contributed by atoms with van der Waals surface area (Å²) in [5.74, 6) is 0.919. The summed E-state index contributed by atoms with van der Waals surface area (Å²) in [4.78, 5) is 4.52.